The van der Waals surface area contributed by atoms with Crippen LogP contribution in [-0.2, 0) is 0 Å². The average molecular weight is 537 g/mol. The van der Waals surface area contributed by atoms with Crippen molar-refractivity contribution < 1.29 is 9.59 Å². The molecule has 6 rings (SSSR count). The molecule has 4 heterocycles. The molecule has 2 aromatic carbocycles. The van der Waals surface area contributed by atoms with E-state index in [4.69, 9.17) is 0 Å². The second kappa shape index (κ2) is 9.73. The van der Waals surface area contributed by atoms with E-state index in [0.29, 0.717) is 32.8 Å². The third-order valence-electron chi connectivity index (χ3n) is 5.90. The molecule has 2 amide bonds. The van der Waals surface area contributed by atoms with Gasteiger partial charge in [0.2, 0.25) is 0 Å². The summed E-state index contributed by atoms with van der Waals surface area (Å²) in [5.41, 5.74) is 5.56. The number of rotatable bonds is 5. The molecule has 6 aromatic rings. The highest BCUT2D eigenvalue weighted by Gasteiger charge is 2.15. The molecule has 0 spiro atoms. The number of benzene rings is 2. The number of carbonyl (C=O) groups is 2. The van der Waals surface area contributed by atoms with Gasteiger partial charge in [-0.1, -0.05) is 24.3 Å². The number of amides is 2. The number of aromatic nitrogens is 4. The monoisotopic (exact) mass is 536 g/mol. The summed E-state index contributed by atoms with van der Waals surface area (Å²) in [6, 6.07) is 18.7. The predicted molar refractivity (Wildman–Crippen MR) is 152 cm³/mol. The molecule has 0 saturated heterocycles. The van der Waals surface area contributed by atoms with Crippen LogP contribution in [-0.4, -0.2) is 31.8 Å². The summed E-state index contributed by atoms with van der Waals surface area (Å²) in [4.78, 5) is 43.6. The van der Waals surface area contributed by atoms with Crippen molar-refractivity contribution in [3.8, 4) is 11.4 Å². The lowest BCUT2D eigenvalue weighted by Crippen LogP contribution is -2.12. The third-order valence-corrected chi connectivity index (χ3v) is 7.41. The van der Waals surface area contributed by atoms with Crippen molar-refractivity contribution in [3.63, 3.8) is 0 Å². The fraction of sp³-hybridized carbons (Fsp3) is 0.0714. The van der Waals surface area contributed by atoms with Gasteiger partial charge in [-0.25, -0.2) is 9.97 Å². The SMILES string of the molecule is Cc1ccc2ccc(C(=O)Nc3nc(-c4csc(NC(=O)c5ccc6ccc(C)nc6c5)n4)cs3)cc2n1. The number of pyridine rings is 2. The molecular formula is C28H20N6O2S2. The molecule has 0 atom stereocenters. The third kappa shape index (κ3) is 4.86. The van der Waals surface area contributed by atoms with Crippen LogP contribution in [0.25, 0.3) is 33.2 Å². The topological polar surface area (TPSA) is 110 Å². The van der Waals surface area contributed by atoms with E-state index >= 15 is 0 Å². The second-order valence-electron chi connectivity index (χ2n) is 8.70. The van der Waals surface area contributed by atoms with Gasteiger partial charge in [0.1, 0.15) is 11.4 Å². The lowest BCUT2D eigenvalue weighted by atomic mass is 10.1. The Morgan fingerprint density at radius 1 is 0.605 bits per heavy atom. The fourth-order valence-electron chi connectivity index (χ4n) is 3.96. The largest absolute Gasteiger partial charge is 0.298 e. The minimum absolute atomic E-state index is 0.262. The molecule has 0 saturated carbocycles. The Bertz CT molecular complexity index is 1720. The number of thiazole rings is 2. The van der Waals surface area contributed by atoms with Gasteiger partial charge in [-0.15, -0.1) is 22.7 Å². The van der Waals surface area contributed by atoms with Gasteiger partial charge >= 0.3 is 0 Å². The van der Waals surface area contributed by atoms with Gasteiger partial charge in [0.05, 0.1) is 11.0 Å². The summed E-state index contributed by atoms with van der Waals surface area (Å²) in [7, 11) is 0. The number of nitrogens with zero attached hydrogens (tertiary/aromatic N) is 4. The van der Waals surface area contributed by atoms with E-state index in [1.54, 1.807) is 24.3 Å². The molecule has 0 radical (unpaired) electrons. The lowest BCUT2D eigenvalue weighted by Gasteiger charge is -2.04. The quantitative estimate of drug-likeness (QED) is 0.261. The van der Waals surface area contributed by atoms with Gasteiger partial charge in [0.15, 0.2) is 10.3 Å². The Morgan fingerprint density at radius 3 is 1.47 bits per heavy atom. The zero-order valence-corrected chi connectivity index (χ0v) is 22.0. The Labute approximate surface area is 225 Å². The van der Waals surface area contributed by atoms with Crippen LogP contribution < -0.4 is 10.6 Å². The first kappa shape index (κ1) is 23.8. The predicted octanol–water partition coefficient (Wildman–Crippen LogP) is 6.48. The first-order valence-electron chi connectivity index (χ1n) is 11.7. The number of anilines is 2. The van der Waals surface area contributed by atoms with E-state index in [9.17, 15) is 9.59 Å². The van der Waals surface area contributed by atoms with Gasteiger partial charge in [-0.3, -0.25) is 30.2 Å². The van der Waals surface area contributed by atoms with Crippen LogP contribution in [0.5, 0.6) is 0 Å². The molecular weight excluding hydrogens is 516 g/mol. The van der Waals surface area contributed by atoms with E-state index in [1.165, 1.54) is 22.7 Å². The van der Waals surface area contributed by atoms with Crippen LogP contribution in [0.2, 0.25) is 0 Å². The molecule has 8 nitrogen and oxygen atoms in total. The summed E-state index contributed by atoms with van der Waals surface area (Å²) in [6.45, 7) is 3.83. The molecule has 0 aliphatic heterocycles. The summed E-state index contributed by atoms with van der Waals surface area (Å²) in [6.07, 6.45) is 0. The van der Waals surface area contributed by atoms with Gasteiger partial charge in [-0.05, 0) is 50.2 Å². The van der Waals surface area contributed by atoms with Gasteiger partial charge in [-0.2, -0.15) is 0 Å². The first-order valence-corrected chi connectivity index (χ1v) is 13.5. The van der Waals surface area contributed by atoms with E-state index in [1.807, 2.05) is 61.0 Å². The molecule has 0 aliphatic rings. The van der Waals surface area contributed by atoms with E-state index in [-0.39, 0.29) is 11.8 Å². The Kier molecular flexibility index (Phi) is 6.10. The number of hydrogen-bond donors (Lipinski definition) is 2. The van der Waals surface area contributed by atoms with Crippen LogP contribution in [0.15, 0.2) is 71.4 Å². The van der Waals surface area contributed by atoms with Crippen molar-refractivity contribution in [1.29, 1.82) is 0 Å². The summed E-state index contributed by atoms with van der Waals surface area (Å²) < 4.78 is 0. The normalized spacial score (nSPS) is 11.1. The van der Waals surface area contributed by atoms with Crippen molar-refractivity contribution in [2.24, 2.45) is 0 Å². The lowest BCUT2D eigenvalue weighted by molar-refractivity contribution is 0.101. The van der Waals surface area contributed by atoms with Crippen molar-refractivity contribution in [1.82, 2.24) is 19.9 Å². The molecule has 0 unspecified atom stereocenters. The van der Waals surface area contributed by atoms with Gasteiger partial charge < -0.3 is 0 Å². The van der Waals surface area contributed by atoms with Crippen molar-refractivity contribution in [3.05, 3.63) is 93.9 Å². The number of hydrogen-bond acceptors (Lipinski definition) is 8. The summed E-state index contributed by atoms with van der Waals surface area (Å²) >= 11 is 2.61. The maximum absolute atomic E-state index is 12.8. The Hall–Kier alpha value is -4.54. The summed E-state index contributed by atoms with van der Waals surface area (Å²) in [5, 5.41) is 12.2. The van der Waals surface area contributed by atoms with Crippen molar-refractivity contribution >= 4 is 66.6 Å². The highest BCUT2D eigenvalue weighted by molar-refractivity contribution is 7.15. The second-order valence-corrected chi connectivity index (χ2v) is 10.4. The molecule has 0 fully saturated rings. The molecule has 2 N–H and O–H groups in total. The molecule has 186 valence electrons. The highest BCUT2D eigenvalue weighted by Crippen LogP contribution is 2.29. The highest BCUT2D eigenvalue weighted by atomic mass is 32.1. The van der Waals surface area contributed by atoms with Crippen LogP contribution in [0.1, 0.15) is 32.1 Å². The Balaban J connectivity index is 1.14. The fourth-order valence-corrected chi connectivity index (χ4v) is 5.36. The maximum Gasteiger partial charge on any atom is 0.257 e. The number of carbonyl (C=O) groups excluding carboxylic acids is 2. The zero-order chi connectivity index (χ0) is 26.2. The van der Waals surface area contributed by atoms with Crippen molar-refractivity contribution in [2.75, 3.05) is 10.6 Å². The molecule has 0 aliphatic carbocycles. The van der Waals surface area contributed by atoms with Crippen LogP contribution >= 0.6 is 22.7 Å². The van der Waals surface area contributed by atoms with E-state index < -0.39 is 0 Å². The van der Waals surface area contributed by atoms with Crippen molar-refractivity contribution in [2.45, 2.75) is 13.8 Å². The minimum atomic E-state index is -0.262. The molecule has 10 heteroatoms. The van der Waals surface area contributed by atoms with Crippen LogP contribution in [0, 0.1) is 13.8 Å². The first-order chi connectivity index (χ1) is 18.4. The number of fused-ring (bicyclic) bond motifs is 2. The molecule has 0 bridgehead atoms. The van der Waals surface area contributed by atoms with E-state index in [0.717, 1.165) is 33.2 Å². The Morgan fingerprint density at radius 2 is 1.03 bits per heavy atom. The standard InChI is InChI=1S/C28H20N6O2S2/c1-15-3-5-17-7-9-19(11-21(17)29-15)25(35)33-27-31-23(13-37-27)24-14-38-28(32-24)34-26(36)20-10-8-18-6-4-16(2)30-22(18)12-20/h3-14H,1-2H3,(H,31,33,35)(H,32,34,36). The average Bonchev–Trinajstić information content (AvgIpc) is 3.57. The van der Waals surface area contributed by atoms with Gasteiger partial charge in [0, 0.05) is 44.0 Å². The van der Waals surface area contributed by atoms with Crippen LogP contribution in [0.4, 0.5) is 10.3 Å². The summed E-state index contributed by atoms with van der Waals surface area (Å²) in [5.74, 6) is -0.523. The zero-order valence-electron chi connectivity index (χ0n) is 20.4. The number of aryl methyl sites for hydroxylation is 2. The minimum Gasteiger partial charge on any atom is -0.298 e. The maximum atomic E-state index is 12.8. The molecule has 38 heavy (non-hydrogen) atoms. The van der Waals surface area contributed by atoms with E-state index in [2.05, 4.69) is 30.6 Å². The van der Waals surface area contributed by atoms with Gasteiger partial charge in [0.25, 0.3) is 11.8 Å². The number of nitrogens with one attached hydrogen (secondary N) is 2. The molecule has 4 aromatic heterocycles. The van der Waals surface area contributed by atoms with Crippen LogP contribution in [0.3, 0.4) is 0 Å². The smallest absolute Gasteiger partial charge is 0.257 e.